The number of methoxy groups -OCH3 is 1. The Morgan fingerprint density at radius 1 is 1.24 bits per heavy atom. The largest absolute Gasteiger partial charge is 0.468 e. The van der Waals surface area contributed by atoms with Gasteiger partial charge in [-0.3, -0.25) is 14.9 Å². The minimum absolute atomic E-state index is 0.0550. The lowest BCUT2D eigenvalue weighted by Gasteiger charge is -2.11. The van der Waals surface area contributed by atoms with Gasteiger partial charge in [0.05, 0.1) is 12.0 Å². The molecule has 0 aliphatic heterocycles. The molecule has 0 amide bonds. The van der Waals surface area contributed by atoms with Gasteiger partial charge in [0.2, 0.25) is 0 Å². The summed E-state index contributed by atoms with van der Waals surface area (Å²) in [5, 5.41) is 9.56. The molecule has 130 valence electrons. The molecule has 25 heavy (non-hydrogen) atoms. The zero-order chi connectivity index (χ0) is 18.4. The van der Waals surface area contributed by atoms with Crippen LogP contribution in [0.3, 0.4) is 0 Å². The minimum atomic E-state index is -1.91. The van der Waals surface area contributed by atoms with Crippen molar-refractivity contribution in [1.82, 2.24) is 0 Å². The van der Waals surface area contributed by atoms with E-state index in [0.717, 1.165) is 4.47 Å². The third kappa shape index (κ3) is 5.04. The quantitative estimate of drug-likeness (QED) is 0.306. The van der Waals surface area contributed by atoms with Gasteiger partial charge in [0.25, 0.3) is 5.69 Å². The molecule has 0 aliphatic carbocycles. The zero-order valence-electron chi connectivity index (χ0n) is 13.0. The van der Waals surface area contributed by atoms with Crippen LogP contribution in [0.2, 0.25) is 0 Å². The van der Waals surface area contributed by atoms with Crippen LogP contribution in [-0.4, -0.2) is 28.4 Å². The van der Waals surface area contributed by atoms with Crippen LogP contribution in [0.15, 0.2) is 57.4 Å². The molecule has 0 radical (unpaired) electrons. The van der Waals surface area contributed by atoms with Gasteiger partial charge in [-0.15, -0.1) is 0 Å². The second-order valence-corrected chi connectivity index (χ2v) is 6.96. The minimum Gasteiger partial charge on any atom is -0.468 e. The van der Waals surface area contributed by atoms with E-state index in [1.165, 1.54) is 37.6 Å². The molecule has 0 saturated carbocycles. The Hall–Kier alpha value is -2.39. The van der Waals surface area contributed by atoms with Crippen LogP contribution in [0.5, 0.6) is 0 Å². The molecule has 2 atom stereocenters. The molecular formula is C16H13BrN2O5S. The number of esters is 1. The van der Waals surface area contributed by atoms with E-state index < -0.39 is 27.1 Å². The van der Waals surface area contributed by atoms with E-state index in [1.54, 1.807) is 24.3 Å². The van der Waals surface area contributed by atoms with Crippen molar-refractivity contribution in [2.24, 2.45) is 4.40 Å². The van der Waals surface area contributed by atoms with E-state index in [2.05, 4.69) is 20.3 Å². The SMILES string of the molecule is COC(=O)C(c1ccc(Br)cc1)[S@](=O)/N=C/c1ccc([N+](=O)[O-])cc1. The van der Waals surface area contributed by atoms with Crippen molar-refractivity contribution in [3.05, 3.63) is 74.2 Å². The number of carbonyl (C=O) groups is 1. The Labute approximate surface area is 154 Å². The predicted molar refractivity (Wildman–Crippen MR) is 97.7 cm³/mol. The molecule has 0 aromatic heterocycles. The fourth-order valence-electron chi connectivity index (χ4n) is 1.94. The molecule has 2 rings (SSSR count). The molecule has 9 heteroatoms. The van der Waals surface area contributed by atoms with Crippen molar-refractivity contribution in [3.63, 3.8) is 0 Å². The van der Waals surface area contributed by atoms with Crippen LogP contribution >= 0.6 is 15.9 Å². The first-order valence-electron chi connectivity index (χ1n) is 6.95. The van der Waals surface area contributed by atoms with Crippen molar-refractivity contribution in [1.29, 1.82) is 0 Å². The Kier molecular flexibility index (Phi) is 6.54. The summed E-state index contributed by atoms with van der Waals surface area (Å²) in [6, 6.07) is 12.4. The van der Waals surface area contributed by atoms with E-state index in [4.69, 9.17) is 4.74 Å². The lowest BCUT2D eigenvalue weighted by atomic mass is 10.1. The Balaban J connectivity index is 2.23. The Bertz CT molecular complexity index is 821. The van der Waals surface area contributed by atoms with E-state index in [1.807, 2.05) is 0 Å². The number of nitro groups is 1. The summed E-state index contributed by atoms with van der Waals surface area (Å²) in [5.41, 5.74) is 0.980. The summed E-state index contributed by atoms with van der Waals surface area (Å²) < 4.78 is 21.9. The van der Waals surface area contributed by atoms with Crippen molar-refractivity contribution < 1.29 is 18.7 Å². The highest BCUT2D eigenvalue weighted by Gasteiger charge is 2.28. The molecule has 0 heterocycles. The maximum Gasteiger partial charge on any atom is 0.328 e. The molecule has 0 spiro atoms. The fraction of sp³-hybridized carbons (Fsp3) is 0.125. The first kappa shape index (κ1) is 18.9. The van der Waals surface area contributed by atoms with Gasteiger partial charge in [0, 0.05) is 22.8 Å². The van der Waals surface area contributed by atoms with Gasteiger partial charge in [-0.05, 0) is 35.4 Å². The molecule has 0 aliphatic rings. The molecule has 2 aromatic carbocycles. The van der Waals surface area contributed by atoms with Crippen LogP contribution in [-0.2, 0) is 20.5 Å². The standard InChI is InChI=1S/C16H13BrN2O5S/c1-24-16(20)15(12-4-6-13(17)7-5-12)25(23)18-10-11-2-8-14(9-3-11)19(21)22/h2-10,15H,1H3/b18-10+/t15?,25-/m0/s1. The molecule has 7 nitrogen and oxygen atoms in total. The number of nitro benzene ring substituents is 1. The van der Waals surface area contributed by atoms with Crippen LogP contribution < -0.4 is 0 Å². The van der Waals surface area contributed by atoms with E-state index >= 15 is 0 Å². The van der Waals surface area contributed by atoms with Gasteiger partial charge in [-0.2, -0.15) is 4.40 Å². The summed E-state index contributed by atoms with van der Waals surface area (Å²) >= 11 is 3.29. The average Bonchev–Trinajstić information content (AvgIpc) is 2.62. The fourth-order valence-corrected chi connectivity index (χ4v) is 3.20. The monoisotopic (exact) mass is 424 g/mol. The number of hydrogen-bond acceptors (Lipinski definition) is 5. The maximum atomic E-state index is 12.5. The number of hydrogen-bond donors (Lipinski definition) is 0. The number of halogens is 1. The first-order valence-corrected chi connectivity index (χ1v) is 8.91. The molecule has 2 aromatic rings. The maximum absolute atomic E-state index is 12.5. The smallest absolute Gasteiger partial charge is 0.328 e. The van der Waals surface area contributed by atoms with Crippen LogP contribution in [0.1, 0.15) is 16.4 Å². The highest BCUT2D eigenvalue weighted by molar-refractivity contribution is 9.10. The first-order chi connectivity index (χ1) is 11.9. The van der Waals surface area contributed by atoms with Crippen LogP contribution in [0.25, 0.3) is 0 Å². The topological polar surface area (TPSA) is 98.9 Å². The number of nitrogens with zero attached hydrogens (tertiary/aromatic N) is 2. The van der Waals surface area contributed by atoms with Crippen molar-refractivity contribution in [2.45, 2.75) is 5.25 Å². The van der Waals surface area contributed by atoms with E-state index in [9.17, 15) is 19.1 Å². The summed E-state index contributed by atoms with van der Waals surface area (Å²) in [7, 11) is -0.701. The molecule has 0 bridgehead atoms. The molecule has 1 unspecified atom stereocenters. The second-order valence-electron chi connectivity index (χ2n) is 4.81. The normalized spacial score (nSPS) is 13.4. The summed E-state index contributed by atoms with van der Waals surface area (Å²) in [6.07, 6.45) is 1.30. The highest BCUT2D eigenvalue weighted by Crippen LogP contribution is 2.24. The molecule has 0 saturated heterocycles. The Morgan fingerprint density at radius 2 is 1.84 bits per heavy atom. The molecule has 0 N–H and O–H groups in total. The number of non-ortho nitro benzene ring substituents is 1. The van der Waals surface area contributed by atoms with Gasteiger partial charge in [-0.1, -0.05) is 28.1 Å². The summed E-state index contributed by atoms with van der Waals surface area (Å²) in [6.45, 7) is 0. The van der Waals surface area contributed by atoms with Gasteiger partial charge >= 0.3 is 5.97 Å². The van der Waals surface area contributed by atoms with Crippen molar-refractivity contribution in [3.8, 4) is 0 Å². The van der Waals surface area contributed by atoms with Crippen molar-refractivity contribution in [2.75, 3.05) is 7.11 Å². The average molecular weight is 425 g/mol. The Morgan fingerprint density at radius 3 is 2.36 bits per heavy atom. The van der Waals surface area contributed by atoms with E-state index in [0.29, 0.717) is 11.1 Å². The summed E-state index contributed by atoms with van der Waals surface area (Å²) in [5.74, 6) is -0.665. The second kappa shape index (κ2) is 8.63. The van der Waals surface area contributed by atoms with Gasteiger partial charge in [0.15, 0.2) is 16.2 Å². The highest BCUT2D eigenvalue weighted by atomic mass is 79.9. The summed E-state index contributed by atoms with van der Waals surface area (Å²) in [4.78, 5) is 22.1. The van der Waals surface area contributed by atoms with Crippen LogP contribution in [0.4, 0.5) is 5.69 Å². The lowest BCUT2D eigenvalue weighted by Crippen LogP contribution is -2.18. The number of benzene rings is 2. The van der Waals surface area contributed by atoms with Gasteiger partial charge in [-0.25, -0.2) is 4.21 Å². The van der Waals surface area contributed by atoms with E-state index in [-0.39, 0.29) is 5.69 Å². The lowest BCUT2D eigenvalue weighted by molar-refractivity contribution is -0.384. The molecular weight excluding hydrogens is 412 g/mol. The third-order valence-electron chi connectivity index (χ3n) is 3.20. The predicted octanol–water partition coefficient (Wildman–Crippen LogP) is 3.35. The van der Waals surface area contributed by atoms with Gasteiger partial charge in [0.1, 0.15) is 0 Å². The van der Waals surface area contributed by atoms with Crippen LogP contribution in [0, 0.1) is 10.1 Å². The number of carbonyl (C=O) groups excluding carboxylic acids is 1. The van der Waals surface area contributed by atoms with Crippen molar-refractivity contribution >= 4 is 44.8 Å². The zero-order valence-corrected chi connectivity index (χ0v) is 15.4. The van der Waals surface area contributed by atoms with Gasteiger partial charge < -0.3 is 4.74 Å². The number of rotatable bonds is 6. The molecule has 0 fully saturated rings. The number of ether oxygens (including phenoxy) is 1. The third-order valence-corrected chi connectivity index (χ3v) is 4.91.